The predicted octanol–water partition coefficient (Wildman–Crippen LogP) is 3.72. The van der Waals surface area contributed by atoms with E-state index in [4.69, 9.17) is 5.73 Å². The summed E-state index contributed by atoms with van der Waals surface area (Å²) in [5, 5.41) is 3.35. The molecule has 3 N–H and O–H groups in total. The minimum absolute atomic E-state index is 0.149. The van der Waals surface area contributed by atoms with Gasteiger partial charge in [-0.05, 0) is 42.8 Å². The summed E-state index contributed by atoms with van der Waals surface area (Å²) in [6.45, 7) is 2.07. The maximum atomic E-state index is 11.1. The van der Waals surface area contributed by atoms with E-state index in [2.05, 4.69) is 40.3 Å². The van der Waals surface area contributed by atoms with Crippen LogP contribution in [-0.4, -0.2) is 5.91 Å². The van der Waals surface area contributed by atoms with Gasteiger partial charge in [-0.3, -0.25) is 4.79 Å². The molecule has 2 aromatic carbocycles. The van der Waals surface area contributed by atoms with Crippen LogP contribution < -0.4 is 11.1 Å². The number of benzene rings is 2. The lowest BCUT2D eigenvalue weighted by Gasteiger charge is -2.16. The van der Waals surface area contributed by atoms with Gasteiger partial charge in [-0.1, -0.05) is 34.1 Å². The van der Waals surface area contributed by atoms with Crippen LogP contribution in [0.4, 0.5) is 5.69 Å². The minimum atomic E-state index is -0.417. The molecule has 0 fully saturated rings. The van der Waals surface area contributed by atoms with Gasteiger partial charge in [0.05, 0.1) is 0 Å². The van der Waals surface area contributed by atoms with Gasteiger partial charge in [-0.25, -0.2) is 0 Å². The smallest absolute Gasteiger partial charge is 0.248 e. The summed E-state index contributed by atoms with van der Waals surface area (Å²) in [6, 6.07) is 15.5. The molecular weight excluding hydrogens is 304 g/mol. The van der Waals surface area contributed by atoms with Gasteiger partial charge in [0, 0.05) is 21.8 Å². The monoisotopic (exact) mass is 318 g/mol. The molecule has 1 atom stereocenters. The third-order valence-electron chi connectivity index (χ3n) is 2.90. The van der Waals surface area contributed by atoms with Crippen molar-refractivity contribution in [2.75, 3.05) is 5.32 Å². The first-order chi connectivity index (χ1) is 9.06. The highest BCUT2D eigenvalue weighted by atomic mass is 79.9. The molecule has 0 aliphatic rings. The van der Waals surface area contributed by atoms with Crippen LogP contribution in [0.5, 0.6) is 0 Å². The maximum absolute atomic E-state index is 11.1. The van der Waals surface area contributed by atoms with E-state index in [9.17, 15) is 4.79 Å². The number of hydrogen-bond acceptors (Lipinski definition) is 2. The molecule has 0 radical (unpaired) electrons. The molecular formula is C15H15BrN2O. The first-order valence-electron chi connectivity index (χ1n) is 5.98. The highest BCUT2D eigenvalue weighted by Crippen LogP contribution is 2.21. The molecule has 0 saturated heterocycles. The average Bonchev–Trinajstić information content (AvgIpc) is 2.39. The molecule has 0 spiro atoms. The van der Waals surface area contributed by atoms with Crippen LogP contribution in [-0.2, 0) is 0 Å². The molecule has 0 aliphatic carbocycles. The van der Waals surface area contributed by atoms with Gasteiger partial charge >= 0.3 is 0 Å². The van der Waals surface area contributed by atoms with E-state index in [1.807, 2.05) is 24.3 Å². The molecule has 0 heterocycles. The summed E-state index contributed by atoms with van der Waals surface area (Å²) in [5.74, 6) is -0.417. The van der Waals surface area contributed by atoms with E-state index in [1.54, 1.807) is 12.1 Å². The van der Waals surface area contributed by atoms with Gasteiger partial charge in [0.1, 0.15) is 0 Å². The summed E-state index contributed by atoms with van der Waals surface area (Å²) in [7, 11) is 0. The molecule has 3 nitrogen and oxygen atoms in total. The Hall–Kier alpha value is -1.81. The summed E-state index contributed by atoms with van der Waals surface area (Å²) in [5.41, 5.74) is 7.83. The number of nitrogens with two attached hydrogens (primary N) is 1. The van der Waals surface area contributed by atoms with Gasteiger partial charge in [0.15, 0.2) is 0 Å². The van der Waals surface area contributed by atoms with Gasteiger partial charge in [0.25, 0.3) is 0 Å². The number of rotatable bonds is 4. The van der Waals surface area contributed by atoms with Crippen LogP contribution in [0.15, 0.2) is 53.0 Å². The zero-order valence-electron chi connectivity index (χ0n) is 10.6. The van der Waals surface area contributed by atoms with Crippen LogP contribution in [0.25, 0.3) is 0 Å². The standard InChI is InChI=1S/C15H15BrN2O/c1-10(11-5-7-13(16)8-6-11)18-14-4-2-3-12(9-14)15(17)19/h2-10,18H,1H3,(H2,17,19). The summed E-state index contributed by atoms with van der Waals surface area (Å²) < 4.78 is 1.05. The topological polar surface area (TPSA) is 55.1 Å². The van der Waals surface area contributed by atoms with Crippen molar-refractivity contribution in [1.82, 2.24) is 0 Å². The molecule has 1 unspecified atom stereocenters. The Morgan fingerprint density at radius 1 is 1.21 bits per heavy atom. The lowest BCUT2D eigenvalue weighted by Crippen LogP contribution is -2.12. The summed E-state index contributed by atoms with van der Waals surface area (Å²) >= 11 is 3.42. The van der Waals surface area contributed by atoms with E-state index in [1.165, 1.54) is 5.56 Å². The van der Waals surface area contributed by atoms with E-state index in [0.29, 0.717) is 5.56 Å². The van der Waals surface area contributed by atoms with Crippen LogP contribution in [0.3, 0.4) is 0 Å². The van der Waals surface area contributed by atoms with E-state index in [-0.39, 0.29) is 6.04 Å². The molecule has 1 amide bonds. The van der Waals surface area contributed by atoms with E-state index >= 15 is 0 Å². The number of carbonyl (C=O) groups excluding carboxylic acids is 1. The number of carbonyl (C=O) groups is 1. The number of amides is 1. The van der Waals surface area contributed by atoms with Crippen LogP contribution >= 0.6 is 15.9 Å². The maximum Gasteiger partial charge on any atom is 0.248 e. The van der Waals surface area contributed by atoms with Crippen molar-refractivity contribution in [3.8, 4) is 0 Å². The van der Waals surface area contributed by atoms with Crippen molar-refractivity contribution in [2.45, 2.75) is 13.0 Å². The van der Waals surface area contributed by atoms with Crippen LogP contribution in [0, 0.1) is 0 Å². The second-order valence-corrected chi connectivity index (χ2v) is 5.28. The molecule has 2 rings (SSSR count). The normalized spacial score (nSPS) is 11.9. The largest absolute Gasteiger partial charge is 0.379 e. The first-order valence-corrected chi connectivity index (χ1v) is 6.77. The average molecular weight is 319 g/mol. The number of primary amides is 1. The fourth-order valence-corrected chi connectivity index (χ4v) is 2.11. The second-order valence-electron chi connectivity index (χ2n) is 4.36. The SMILES string of the molecule is CC(Nc1cccc(C(N)=O)c1)c1ccc(Br)cc1. The second kappa shape index (κ2) is 5.89. The van der Waals surface area contributed by atoms with Gasteiger partial charge < -0.3 is 11.1 Å². The molecule has 2 aromatic rings. The summed E-state index contributed by atoms with van der Waals surface area (Å²) in [4.78, 5) is 11.1. The van der Waals surface area contributed by atoms with Crippen molar-refractivity contribution in [3.63, 3.8) is 0 Å². The van der Waals surface area contributed by atoms with Crippen LogP contribution in [0.2, 0.25) is 0 Å². The van der Waals surface area contributed by atoms with Crippen LogP contribution in [0.1, 0.15) is 28.9 Å². The fourth-order valence-electron chi connectivity index (χ4n) is 1.85. The highest BCUT2D eigenvalue weighted by Gasteiger charge is 2.06. The van der Waals surface area contributed by atoms with Crippen molar-refractivity contribution < 1.29 is 4.79 Å². The molecule has 19 heavy (non-hydrogen) atoms. The molecule has 98 valence electrons. The Labute approximate surface area is 121 Å². The minimum Gasteiger partial charge on any atom is -0.379 e. The van der Waals surface area contributed by atoms with E-state index < -0.39 is 5.91 Å². The molecule has 0 saturated carbocycles. The number of halogens is 1. The number of anilines is 1. The lowest BCUT2D eigenvalue weighted by molar-refractivity contribution is 0.100. The Balaban J connectivity index is 2.14. The predicted molar refractivity (Wildman–Crippen MR) is 81.1 cm³/mol. The highest BCUT2D eigenvalue weighted by molar-refractivity contribution is 9.10. The van der Waals surface area contributed by atoms with Crippen molar-refractivity contribution >= 4 is 27.5 Å². The molecule has 0 aromatic heterocycles. The third kappa shape index (κ3) is 3.58. The number of nitrogens with one attached hydrogen (secondary N) is 1. The third-order valence-corrected chi connectivity index (χ3v) is 3.43. The van der Waals surface area contributed by atoms with Gasteiger partial charge in [0.2, 0.25) is 5.91 Å². The van der Waals surface area contributed by atoms with E-state index in [0.717, 1.165) is 10.2 Å². The number of hydrogen-bond donors (Lipinski definition) is 2. The molecule has 0 bridgehead atoms. The molecule has 0 aliphatic heterocycles. The van der Waals surface area contributed by atoms with Gasteiger partial charge in [-0.2, -0.15) is 0 Å². The zero-order valence-corrected chi connectivity index (χ0v) is 12.1. The Bertz CT molecular complexity index is 581. The van der Waals surface area contributed by atoms with Crippen molar-refractivity contribution in [2.24, 2.45) is 5.73 Å². The van der Waals surface area contributed by atoms with Crippen molar-refractivity contribution in [3.05, 3.63) is 64.1 Å². The Kier molecular flexibility index (Phi) is 4.22. The zero-order chi connectivity index (χ0) is 13.8. The quantitative estimate of drug-likeness (QED) is 0.902. The lowest BCUT2D eigenvalue weighted by atomic mass is 10.1. The van der Waals surface area contributed by atoms with Crippen molar-refractivity contribution in [1.29, 1.82) is 0 Å². The Morgan fingerprint density at radius 2 is 1.89 bits per heavy atom. The van der Waals surface area contributed by atoms with Gasteiger partial charge in [-0.15, -0.1) is 0 Å². The molecule has 4 heteroatoms. The summed E-state index contributed by atoms with van der Waals surface area (Å²) in [6.07, 6.45) is 0. The fraction of sp³-hybridized carbons (Fsp3) is 0.133. The Morgan fingerprint density at radius 3 is 2.53 bits per heavy atom. The first kappa shape index (κ1) is 13.6.